The molecule has 154 valence electrons. The van der Waals surface area contributed by atoms with Crippen LogP contribution in [0, 0.1) is 6.92 Å². The number of anilines is 1. The smallest absolute Gasteiger partial charge is 0.229 e. The highest BCUT2D eigenvalue weighted by Gasteiger charge is 2.16. The molecule has 0 saturated heterocycles. The number of nitrogens with zero attached hydrogens (tertiary/aromatic N) is 3. The number of aromatic nitrogens is 3. The summed E-state index contributed by atoms with van der Waals surface area (Å²) in [5, 5.41) is 8.46. The Morgan fingerprint density at radius 3 is 2.60 bits per heavy atom. The molecule has 0 aliphatic rings. The number of thiazole rings is 1. The highest BCUT2D eigenvalue weighted by atomic mass is 35.5. The molecule has 0 unspecified atom stereocenters. The van der Waals surface area contributed by atoms with E-state index >= 15 is 0 Å². The van der Waals surface area contributed by atoms with Gasteiger partial charge in [-0.15, -0.1) is 0 Å². The van der Waals surface area contributed by atoms with Crippen molar-refractivity contribution >= 4 is 54.7 Å². The van der Waals surface area contributed by atoms with Crippen molar-refractivity contribution in [3.8, 4) is 5.13 Å². The van der Waals surface area contributed by atoms with Crippen molar-refractivity contribution in [3.63, 3.8) is 0 Å². The molecule has 2 heterocycles. The van der Waals surface area contributed by atoms with Crippen LogP contribution in [0.4, 0.5) is 5.82 Å². The van der Waals surface area contributed by atoms with E-state index in [1.165, 1.54) is 23.5 Å². The molecule has 0 aliphatic carbocycles. The number of halogens is 1. The summed E-state index contributed by atoms with van der Waals surface area (Å²) < 4.78 is 25.6. The van der Waals surface area contributed by atoms with E-state index in [1.54, 1.807) is 28.9 Å². The zero-order valence-electron chi connectivity index (χ0n) is 16.1. The van der Waals surface area contributed by atoms with E-state index < -0.39 is 9.84 Å². The Bertz CT molecular complexity index is 1360. The van der Waals surface area contributed by atoms with E-state index in [1.807, 2.05) is 19.1 Å². The maximum absolute atomic E-state index is 12.6. The van der Waals surface area contributed by atoms with Crippen molar-refractivity contribution in [1.82, 2.24) is 14.8 Å². The van der Waals surface area contributed by atoms with Gasteiger partial charge in [-0.25, -0.2) is 13.4 Å². The van der Waals surface area contributed by atoms with E-state index in [-0.39, 0.29) is 17.2 Å². The first-order chi connectivity index (χ1) is 14.2. The van der Waals surface area contributed by atoms with Crippen molar-refractivity contribution in [1.29, 1.82) is 0 Å². The molecule has 4 rings (SSSR count). The van der Waals surface area contributed by atoms with E-state index in [9.17, 15) is 13.2 Å². The normalized spacial score (nSPS) is 11.7. The van der Waals surface area contributed by atoms with Crippen molar-refractivity contribution in [2.45, 2.75) is 18.2 Å². The lowest BCUT2D eigenvalue weighted by Crippen LogP contribution is -2.17. The summed E-state index contributed by atoms with van der Waals surface area (Å²) >= 11 is 7.65. The minimum atomic E-state index is -3.27. The van der Waals surface area contributed by atoms with Crippen LogP contribution in [-0.4, -0.2) is 35.3 Å². The van der Waals surface area contributed by atoms with Crippen molar-refractivity contribution in [2.75, 3.05) is 11.6 Å². The molecule has 2 aromatic carbocycles. The first kappa shape index (κ1) is 20.5. The average Bonchev–Trinajstić information content (AvgIpc) is 3.25. The summed E-state index contributed by atoms with van der Waals surface area (Å²) in [6.07, 6.45) is 1.24. The van der Waals surface area contributed by atoms with E-state index in [4.69, 9.17) is 11.6 Å². The van der Waals surface area contributed by atoms with Gasteiger partial charge in [-0.1, -0.05) is 41.1 Å². The molecule has 0 spiro atoms. The fourth-order valence-corrected chi connectivity index (χ4v) is 4.82. The van der Waals surface area contributed by atoms with Crippen LogP contribution < -0.4 is 5.32 Å². The van der Waals surface area contributed by atoms with Gasteiger partial charge in [0.15, 0.2) is 9.84 Å². The van der Waals surface area contributed by atoms with Crippen LogP contribution >= 0.6 is 22.9 Å². The number of hydrogen-bond acceptors (Lipinski definition) is 6. The van der Waals surface area contributed by atoms with Gasteiger partial charge in [0.05, 0.1) is 26.7 Å². The molecule has 7 nitrogen and oxygen atoms in total. The highest BCUT2D eigenvalue weighted by molar-refractivity contribution is 7.90. The number of para-hydroxylation sites is 1. The molecule has 4 aromatic rings. The van der Waals surface area contributed by atoms with Crippen LogP contribution in [0.25, 0.3) is 15.3 Å². The summed E-state index contributed by atoms with van der Waals surface area (Å²) in [6, 6.07) is 13.6. The molecule has 10 heteroatoms. The molecule has 2 aromatic heterocycles. The van der Waals surface area contributed by atoms with Gasteiger partial charge >= 0.3 is 0 Å². The third-order valence-corrected chi connectivity index (χ3v) is 6.78. The molecule has 0 atom stereocenters. The topological polar surface area (TPSA) is 94.0 Å². The quantitative estimate of drug-likeness (QED) is 0.485. The number of rotatable bonds is 5. The van der Waals surface area contributed by atoms with Crippen molar-refractivity contribution in [3.05, 3.63) is 64.8 Å². The van der Waals surface area contributed by atoms with E-state index in [2.05, 4.69) is 15.4 Å². The zero-order chi connectivity index (χ0) is 21.5. The summed E-state index contributed by atoms with van der Waals surface area (Å²) in [6.45, 7) is 1.83. The molecule has 30 heavy (non-hydrogen) atoms. The second kappa shape index (κ2) is 7.82. The number of fused-ring (bicyclic) bond motifs is 1. The predicted octanol–water partition coefficient (Wildman–Crippen LogP) is 4.03. The maximum Gasteiger partial charge on any atom is 0.229 e. The van der Waals surface area contributed by atoms with Gasteiger partial charge < -0.3 is 5.32 Å². The fraction of sp³-hybridized carbons (Fsp3) is 0.150. The predicted molar refractivity (Wildman–Crippen MR) is 118 cm³/mol. The summed E-state index contributed by atoms with van der Waals surface area (Å²) in [5.41, 5.74) is 2.12. The molecule has 1 amide bonds. The number of sulfone groups is 1. The number of amides is 1. The molecule has 0 radical (unpaired) electrons. The number of carbonyl (C=O) groups is 1. The second-order valence-electron chi connectivity index (χ2n) is 6.81. The van der Waals surface area contributed by atoms with Crippen LogP contribution in [0.15, 0.2) is 53.4 Å². The number of nitrogens with one attached hydrogen (secondary N) is 1. The lowest BCUT2D eigenvalue weighted by molar-refractivity contribution is -0.115. The van der Waals surface area contributed by atoms with E-state index in [0.717, 1.165) is 16.6 Å². The third-order valence-electron chi connectivity index (χ3n) is 4.35. The van der Waals surface area contributed by atoms with Crippen LogP contribution in [-0.2, 0) is 21.1 Å². The SMILES string of the molecule is Cc1cc(NC(=O)Cc2ccc(S(C)(=O)=O)cc2)n(-c2nc3c(Cl)cccc3s2)n1. The molecule has 1 N–H and O–H groups in total. The molecular formula is C20H17ClN4O3S2. The van der Waals surface area contributed by atoms with Crippen LogP contribution in [0.1, 0.15) is 11.3 Å². The Morgan fingerprint density at radius 2 is 1.93 bits per heavy atom. The lowest BCUT2D eigenvalue weighted by Gasteiger charge is -2.07. The third kappa shape index (κ3) is 4.23. The van der Waals surface area contributed by atoms with Gasteiger partial charge in [-0.3, -0.25) is 4.79 Å². The Labute approximate surface area is 182 Å². The summed E-state index contributed by atoms with van der Waals surface area (Å²) in [7, 11) is -3.27. The molecule has 0 saturated carbocycles. The van der Waals surface area contributed by atoms with Gasteiger partial charge in [0.25, 0.3) is 0 Å². The fourth-order valence-electron chi connectivity index (χ4n) is 2.96. The van der Waals surface area contributed by atoms with E-state index in [0.29, 0.717) is 27.1 Å². The number of carbonyl (C=O) groups excluding carboxylic acids is 1. The second-order valence-corrected chi connectivity index (χ2v) is 10.2. The first-order valence-electron chi connectivity index (χ1n) is 8.91. The van der Waals surface area contributed by atoms with Gasteiger partial charge in [-0.05, 0) is 36.8 Å². The number of aryl methyl sites for hydroxylation is 1. The Kier molecular flexibility index (Phi) is 5.35. The average molecular weight is 461 g/mol. The Hall–Kier alpha value is -2.75. The minimum Gasteiger partial charge on any atom is -0.310 e. The van der Waals surface area contributed by atoms with Crippen LogP contribution in [0.2, 0.25) is 5.02 Å². The molecule has 0 fully saturated rings. The van der Waals surface area contributed by atoms with Gasteiger partial charge in [0.2, 0.25) is 11.0 Å². The summed E-state index contributed by atoms with van der Waals surface area (Å²) in [4.78, 5) is 17.4. The van der Waals surface area contributed by atoms with Crippen molar-refractivity contribution in [2.24, 2.45) is 0 Å². The van der Waals surface area contributed by atoms with Gasteiger partial charge in [-0.2, -0.15) is 9.78 Å². The number of benzene rings is 2. The standard InChI is InChI=1S/C20H17ClN4O3S2/c1-12-10-17(22-18(26)11-13-6-8-14(9-7-13)30(2,27)28)25(24-12)20-23-19-15(21)4-3-5-16(19)29-20/h3-10H,11H2,1-2H3,(H,22,26). The lowest BCUT2D eigenvalue weighted by atomic mass is 10.1. The minimum absolute atomic E-state index is 0.0972. The Morgan fingerprint density at radius 1 is 1.20 bits per heavy atom. The maximum atomic E-state index is 12.6. The molecule has 0 bridgehead atoms. The van der Waals surface area contributed by atoms with Crippen LogP contribution in [0.5, 0.6) is 0 Å². The van der Waals surface area contributed by atoms with Crippen molar-refractivity contribution < 1.29 is 13.2 Å². The first-order valence-corrected chi connectivity index (χ1v) is 12.0. The van der Waals surface area contributed by atoms with Crippen LogP contribution in [0.3, 0.4) is 0 Å². The molecule has 0 aliphatic heterocycles. The molecular weight excluding hydrogens is 444 g/mol. The van der Waals surface area contributed by atoms with Gasteiger partial charge in [0, 0.05) is 12.3 Å². The monoisotopic (exact) mass is 460 g/mol. The summed E-state index contributed by atoms with van der Waals surface area (Å²) in [5.74, 6) is 0.253. The Balaban J connectivity index is 1.56. The number of hydrogen-bond donors (Lipinski definition) is 1. The zero-order valence-corrected chi connectivity index (χ0v) is 18.5. The highest BCUT2D eigenvalue weighted by Crippen LogP contribution is 2.31. The van der Waals surface area contributed by atoms with Gasteiger partial charge in [0.1, 0.15) is 11.3 Å². The largest absolute Gasteiger partial charge is 0.310 e.